The van der Waals surface area contributed by atoms with Crippen LogP contribution in [0.25, 0.3) is 0 Å². The van der Waals surface area contributed by atoms with E-state index in [2.05, 4.69) is 5.32 Å². The summed E-state index contributed by atoms with van der Waals surface area (Å²) in [5.74, 6) is -0.0281. The fourth-order valence-corrected chi connectivity index (χ4v) is 0.971. The largest absolute Gasteiger partial charge is 0.498 e. The molecule has 0 saturated heterocycles. The normalized spacial score (nSPS) is 12.1. The van der Waals surface area contributed by atoms with Crippen LogP contribution < -0.4 is 5.32 Å². The van der Waals surface area contributed by atoms with E-state index in [9.17, 15) is 4.79 Å². The van der Waals surface area contributed by atoms with Crippen LogP contribution in [0.15, 0.2) is 11.8 Å². The average molecular weight is 226 g/mol. The summed E-state index contributed by atoms with van der Waals surface area (Å²) >= 11 is 11.0. The number of allylic oxidation sites excluding steroid dienone is 1. The van der Waals surface area contributed by atoms with Gasteiger partial charge in [0.25, 0.3) is 0 Å². The van der Waals surface area contributed by atoms with E-state index in [1.54, 1.807) is 0 Å². The van der Waals surface area contributed by atoms with E-state index in [-0.39, 0.29) is 17.7 Å². The van der Waals surface area contributed by atoms with Crippen molar-refractivity contribution in [2.24, 2.45) is 0 Å². The summed E-state index contributed by atoms with van der Waals surface area (Å²) in [5.41, 5.74) is 0. The Morgan fingerprint density at radius 2 is 2.00 bits per heavy atom. The van der Waals surface area contributed by atoms with Gasteiger partial charge >= 0.3 is 0 Å². The third-order valence-corrected chi connectivity index (χ3v) is 1.59. The molecule has 0 fully saturated rings. The van der Waals surface area contributed by atoms with Crippen LogP contribution in [0.1, 0.15) is 13.8 Å². The van der Waals surface area contributed by atoms with Gasteiger partial charge in [-0.05, 0) is 13.8 Å². The lowest BCUT2D eigenvalue weighted by molar-refractivity contribution is -0.117. The Bertz CT molecular complexity index is 202. The van der Waals surface area contributed by atoms with E-state index in [0.29, 0.717) is 0 Å². The number of carbonyl (C=O) groups is 1. The highest BCUT2D eigenvalue weighted by Gasteiger charge is 2.10. The third-order valence-electron chi connectivity index (χ3n) is 1.16. The summed E-state index contributed by atoms with van der Waals surface area (Å²) in [6.07, 6.45) is 1.24. The smallest absolute Gasteiger partial charge is 0.247 e. The van der Waals surface area contributed by atoms with Crippen LogP contribution in [-0.4, -0.2) is 23.9 Å². The Kier molecular flexibility index (Phi) is 5.91. The molecule has 0 aromatic carbocycles. The zero-order valence-electron chi connectivity index (χ0n) is 7.80. The predicted octanol–water partition coefficient (Wildman–Crippen LogP) is 1.84. The van der Waals surface area contributed by atoms with E-state index >= 15 is 0 Å². The molecule has 0 spiro atoms. The van der Waals surface area contributed by atoms with Gasteiger partial charge < -0.3 is 10.1 Å². The molecule has 0 aliphatic heterocycles. The van der Waals surface area contributed by atoms with Gasteiger partial charge in [0, 0.05) is 12.1 Å². The molecule has 0 saturated carbocycles. The number of nitrogens with one attached hydrogen (secondary N) is 1. The highest BCUT2D eigenvalue weighted by Crippen LogP contribution is 2.14. The first-order chi connectivity index (χ1) is 5.97. The lowest BCUT2D eigenvalue weighted by atomic mass is 10.3. The molecule has 5 heteroatoms. The topological polar surface area (TPSA) is 38.3 Å². The Morgan fingerprint density at radius 1 is 1.46 bits per heavy atom. The predicted molar refractivity (Wildman–Crippen MR) is 53.9 cm³/mol. The van der Waals surface area contributed by atoms with E-state index in [4.69, 9.17) is 27.9 Å². The number of halogens is 2. The lowest BCUT2D eigenvalue weighted by Gasteiger charge is -2.08. The molecule has 0 aliphatic rings. The first kappa shape index (κ1) is 12.6. The molecule has 0 heterocycles. The number of methoxy groups -OCH3 is 1. The quantitative estimate of drug-likeness (QED) is 0.451. The second-order valence-corrected chi connectivity index (χ2v) is 3.81. The first-order valence-corrected chi connectivity index (χ1v) is 4.69. The van der Waals surface area contributed by atoms with Crippen molar-refractivity contribution in [3.05, 3.63) is 11.8 Å². The van der Waals surface area contributed by atoms with Crippen LogP contribution in [0, 0.1) is 0 Å². The van der Waals surface area contributed by atoms with E-state index < -0.39 is 4.84 Å². The molecular weight excluding hydrogens is 213 g/mol. The molecular formula is C8H13Cl2NO2. The van der Waals surface area contributed by atoms with Crippen LogP contribution in [0.3, 0.4) is 0 Å². The van der Waals surface area contributed by atoms with E-state index in [1.807, 2.05) is 13.8 Å². The molecule has 0 aromatic heterocycles. The first-order valence-electron chi connectivity index (χ1n) is 3.81. The SMILES string of the molecule is CO/C(=C/C(=O)NC(C)C)C(Cl)Cl. The van der Waals surface area contributed by atoms with Gasteiger partial charge in [-0.2, -0.15) is 0 Å². The van der Waals surface area contributed by atoms with Crippen molar-refractivity contribution in [3.8, 4) is 0 Å². The number of rotatable bonds is 4. The summed E-state index contributed by atoms with van der Waals surface area (Å²) in [7, 11) is 1.41. The summed E-state index contributed by atoms with van der Waals surface area (Å²) in [4.78, 5) is 10.3. The van der Waals surface area contributed by atoms with Crippen molar-refractivity contribution in [2.45, 2.75) is 24.7 Å². The lowest BCUT2D eigenvalue weighted by Crippen LogP contribution is -2.29. The Labute approximate surface area is 88.0 Å². The van der Waals surface area contributed by atoms with E-state index in [0.717, 1.165) is 0 Å². The minimum atomic E-state index is -0.817. The zero-order chi connectivity index (χ0) is 10.4. The van der Waals surface area contributed by atoms with Gasteiger partial charge in [0.15, 0.2) is 4.84 Å². The molecule has 0 bridgehead atoms. The van der Waals surface area contributed by atoms with Crippen molar-refractivity contribution in [3.63, 3.8) is 0 Å². The molecule has 0 aromatic rings. The Hall–Kier alpha value is -0.410. The molecule has 0 aliphatic carbocycles. The molecule has 1 amide bonds. The standard InChI is InChI=1S/C8H13Cl2NO2/c1-5(2)11-7(12)4-6(13-3)8(9)10/h4-5,8H,1-3H3,(H,11,12)/b6-4+. The Morgan fingerprint density at radius 3 is 2.31 bits per heavy atom. The molecule has 0 radical (unpaired) electrons. The summed E-state index contributed by atoms with van der Waals surface area (Å²) in [6.45, 7) is 3.72. The molecule has 3 nitrogen and oxygen atoms in total. The van der Waals surface area contributed by atoms with E-state index in [1.165, 1.54) is 13.2 Å². The molecule has 13 heavy (non-hydrogen) atoms. The minimum absolute atomic E-state index is 0.0750. The monoisotopic (exact) mass is 225 g/mol. The van der Waals surface area contributed by atoms with Gasteiger partial charge in [-0.3, -0.25) is 4.79 Å². The molecule has 76 valence electrons. The maximum atomic E-state index is 11.1. The number of amides is 1. The number of carbonyl (C=O) groups excluding carboxylic acids is 1. The summed E-state index contributed by atoms with van der Waals surface area (Å²) in [6, 6.07) is 0.0750. The number of hydrogen-bond acceptors (Lipinski definition) is 2. The maximum absolute atomic E-state index is 11.1. The van der Waals surface area contributed by atoms with Crippen molar-refractivity contribution in [1.29, 1.82) is 0 Å². The number of hydrogen-bond donors (Lipinski definition) is 1. The molecule has 1 N–H and O–H groups in total. The van der Waals surface area contributed by atoms with Gasteiger partial charge in [0.1, 0.15) is 5.76 Å². The van der Waals surface area contributed by atoms with Gasteiger partial charge in [0.2, 0.25) is 5.91 Å². The van der Waals surface area contributed by atoms with Crippen molar-refractivity contribution in [1.82, 2.24) is 5.32 Å². The fourth-order valence-electron chi connectivity index (χ4n) is 0.666. The fraction of sp³-hybridized carbons (Fsp3) is 0.625. The van der Waals surface area contributed by atoms with Crippen LogP contribution in [0.2, 0.25) is 0 Å². The van der Waals surface area contributed by atoms with Crippen molar-refractivity contribution >= 4 is 29.1 Å². The average Bonchev–Trinajstić information content (AvgIpc) is 1.98. The van der Waals surface area contributed by atoms with Gasteiger partial charge in [0.05, 0.1) is 7.11 Å². The van der Waals surface area contributed by atoms with Crippen molar-refractivity contribution in [2.75, 3.05) is 7.11 Å². The molecule has 0 rings (SSSR count). The summed E-state index contributed by atoms with van der Waals surface area (Å²) in [5, 5.41) is 2.65. The van der Waals surface area contributed by atoms with Crippen LogP contribution in [-0.2, 0) is 9.53 Å². The minimum Gasteiger partial charge on any atom is -0.498 e. The second-order valence-electron chi connectivity index (χ2n) is 2.71. The van der Waals surface area contributed by atoms with Crippen LogP contribution >= 0.6 is 23.2 Å². The highest BCUT2D eigenvalue weighted by atomic mass is 35.5. The van der Waals surface area contributed by atoms with Crippen LogP contribution in [0.5, 0.6) is 0 Å². The van der Waals surface area contributed by atoms with Gasteiger partial charge in [-0.15, -0.1) is 0 Å². The maximum Gasteiger partial charge on any atom is 0.247 e. The molecule has 0 atom stereocenters. The van der Waals surface area contributed by atoms with Crippen LogP contribution in [0.4, 0.5) is 0 Å². The van der Waals surface area contributed by atoms with Crippen molar-refractivity contribution < 1.29 is 9.53 Å². The van der Waals surface area contributed by atoms with Gasteiger partial charge in [-0.1, -0.05) is 23.2 Å². The Balaban J connectivity index is 4.25. The van der Waals surface area contributed by atoms with Gasteiger partial charge in [-0.25, -0.2) is 0 Å². The number of alkyl halides is 2. The summed E-state index contributed by atoms with van der Waals surface area (Å²) < 4.78 is 4.80. The second kappa shape index (κ2) is 6.11. The highest BCUT2D eigenvalue weighted by molar-refractivity contribution is 6.46. The molecule has 0 unspecified atom stereocenters. The zero-order valence-corrected chi connectivity index (χ0v) is 9.32. The number of ether oxygens (including phenoxy) is 1. The third kappa shape index (κ3) is 5.77.